The van der Waals surface area contributed by atoms with E-state index in [2.05, 4.69) is 42.6 Å². The van der Waals surface area contributed by atoms with Gasteiger partial charge in [0.2, 0.25) is 0 Å². The van der Waals surface area contributed by atoms with Crippen LogP contribution in [0, 0.1) is 5.92 Å². The highest BCUT2D eigenvalue weighted by atomic mass is 15.2. The van der Waals surface area contributed by atoms with Crippen LogP contribution >= 0.6 is 0 Å². The average Bonchev–Trinajstić information content (AvgIpc) is 2.78. The summed E-state index contributed by atoms with van der Waals surface area (Å²) in [6.45, 7) is 12.5. The number of likely N-dealkylation sites (tertiary alicyclic amines) is 1. The Morgan fingerprint density at radius 2 is 2.14 bits per heavy atom. The summed E-state index contributed by atoms with van der Waals surface area (Å²) < 4.78 is 2.57. The van der Waals surface area contributed by atoms with Crippen LogP contribution in [0.3, 0.4) is 0 Å². The number of rotatable bonds is 2. The Morgan fingerprint density at radius 3 is 2.86 bits per heavy atom. The Labute approximate surface area is 128 Å². The average molecular weight is 290 g/mol. The molecule has 4 nitrogen and oxygen atoms in total. The monoisotopic (exact) mass is 290 g/mol. The molecule has 1 unspecified atom stereocenters. The van der Waals surface area contributed by atoms with Crippen molar-refractivity contribution in [3.63, 3.8) is 0 Å². The van der Waals surface area contributed by atoms with Crippen LogP contribution in [-0.2, 0) is 24.9 Å². The van der Waals surface area contributed by atoms with Crippen molar-refractivity contribution in [1.29, 1.82) is 0 Å². The molecular formula is C17H30N4. The molecule has 0 bridgehead atoms. The molecule has 1 fully saturated rings. The molecule has 1 aromatic rings. The Hall–Kier alpha value is -0.870. The summed E-state index contributed by atoms with van der Waals surface area (Å²) in [4.78, 5) is 7.48. The molecular weight excluding hydrogens is 260 g/mol. The summed E-state index contributed by atoms with van der Waals surface area (Å²) in [7, 11) is 2.25. The smallest absolute Gasteiger partial charge is 0.114 e. The van der Waals surface area contributed by atoms with Gasteiger partial charge in [-0.25, -0.2) is 4.98 Å². The lowest BCUT2D eigenvalue weighted by molar-refractivity contribution is 0.191. The van der Waals surface area contributed by atoms with Crippen LogP contribution in [0.15, 0.2) is 0 Å². The van der Waals surface area contributed by atoms with E-state index >= 15 is 0 Å². The molecule has 0 radical (unpaired) electrons. The topological polar surface area (TPSA) is 33.1 Å². The number of nitrogens with one attached hydrogen (secondary N) is 1. The normalized spacial score (nSPS) is 24.1. The summed E-state index contributed by atoms with van der Waals surface area (Å²) in [5.74, 6) is 2.06. The van der Waals surface area contributed by atoms with E-state index < -0.39 is 0 Å². The van der Waals surface area contributed by atoms with E-state index in [0.29, 0.717) is 0 Å². The SMILES string of the molecule is CN1CCCC(Cn2c(C(C)(C)C)nc3c2CCNC3)C1. The van der Waals surface area contributed by atoms with Gasteiger partial charge >= 0.3 is 0 Å². The largest absolute Gasteiger partial charge is 0.331 e. The van der Waals surface area contributed by atoms with E-state index in [4.69, 9.17) is 4.98 Å². The molecule has 2 aliphatic heterocycles. The van der Waals surface area contributed by atoms with Crippen molar-refractivity contribution in [3.05, 3.63) is 17.2 Å². The van der Waals surface area contributed by atoms with Crippen LogP contribution in [0.2, 0.25) is 0 Å². The lowest BCUT2D eigenvalue weighted by atomic mass is 9.94. The van der Waals surface area contributed by atoms with Crippen molar-refractivity contribution < 1.29 is 0 Å². The molecule has 3 heterocycles. The van der Waals surface area contributed by atoms with Crippen LogP contribution in [0.5, 0.6) is 0 Å². The van der Waals surface area contributed by atoms with Crippen LogP contribution in [0.25, 0.3) is 0 Å². The minimum absolute atomic E-state index is 0.123. The third-order valence-corrected chi connectivity index (χ3v) is 4.82. The molecule has 0 spiro atoms. The Morgan fingerprint density at radius 1 is 1.33 bits per heavy atom. The number of piperidine rings is 1. The number of aromatic nitrogens is 2. The molecule has 0 amide bonds. The van der Waals surface area contributed by atoms with Crippen LogP contribution in [-0.4, -0.2) is 41.1 Å². The lowest BCUT2D eigenvalue weighted by Crippen LogP contribution is -2.35. The van der Waals surface area contributed by atoms with Gasteiger partial charge in [-0.05, 0) is 32.4 Å². The van der Waals surface area contributed by atoms with Crippen molar-refractivity contribution in [2.24, 2.45) is 5.92 Å². The fourth-order valence-electron chi connectivity index (χ4n) is 3.82. The van der Waals surface area contributed by atoms with E-state index in [9.17, 15) is 0 Å². The minimum Gasteiger partial charge on any atom is -0.331 e. The van der Waals surface area contributed by atoms with Gasteiger partial charge in [0, 0.05) is 43.7 Å². The Kier molecular flexibility index (Phi) is 4.10. The Bertz CT molecular complexity index is 498. The molecule has 0 aromatic carbocycles. The third kappa shape index (κ3) is 3.16. The molecule has 1 atom stereocenters. The summed E-state index contributed by atoms with van der Waals surface area (Å²) in [5, 5.41) is 3.46. The molecule has 118 valence electrons. The van der Waals surface area contributed by atoms with Crippen molar-refractivity contribution in [2.45, 2.75) is 58.5 Å². The van der Waals surface area contributed by atoms with Crippen LogP contribution in [0.1, 0.15) is 50.8 Å². The molecule has 4 heteroatoms. The van der Waals surface area contributed by atoms with Crippen molar-refractivity contribution >= 4 is 0 Å². The van der Waals surface area contributed by atoms with Crippen molar-refractivity contribution in [1.82, 2.24) is 19.8 Å². The first-order valence-electron chi connectivity index (χ1n) is 8.43. The maximum Gasteiger partial charge on any atom is 0.114 e. The van der Waals surface area contributed by atoms with E-state index in [0.717, 1.165) is 32.0 Å². The van der Waals surface area contributed by atoms with Crippen molar-refractivity contribution in [3.8, 4) is 0 Å². The molecule has 3 rings (SSSR count). The van der Waals surface area contributed by atoms with Gasteiger partial charge in [0.15, 0.2) is 0 Å². The molecule has 21 heavy (non-hydrogen) atoms. The summed E-state index contributed by atoms with van der Waals surface area (Å²) in [6.07, 6.45) is 3.82. The van der Waals surface area contributed by atoms with Gasteiger partial charge in [-0.2, -0.15) is 0 Å². The van der Waals surface area contributed by atoms with Gasteiger partial charge in [-0.3, -0.25) is 0 Å². The zero-order valence-corrected chi connectivity index (χ0v) is 14.1. The fourth-order valence-corrected chi connectivity index (χ4v) is 3.82. The maximum absolute atomic E-state index is 4.99. The van der Waals surface area contributed by atoms with Gasteiger partial charge in [0.1, 0.15) is 5.82 Å². The van der Waals surface area contributed by atoms with Gasteiger partial charge in [0.25, 0.3) is 0 Å². The van der Waals surface area contributed by atoms with Gasteiger partial charge in [0.05, 0.1) is 5.69 Å². The van der Waals surface area contributed by atoms with Crippen LogP contribution in [0.4, 0.5) is 0 Å². The lowest BCUT2D eigenvalue weighted by Gasteiger charge is -2.32. The van der Waals surface area contributed by atoms with E-state index in [-0.39, 0.29) is 5.41 Å². The van der Waals surface area contributed by atoms with Crippen molar-refractivity contribution in [2.75, 3.05) is 26.7 Å². The molecule has 2 aliphatic rings. The summed E-state index contributed by atoms with van der Waals surface area (Å²) in [6, 6.07) is 0. The summed E-state index contributed by atoms with van der Waals surface area (Å²) in [5.41, 5.74) is 2.90. The number of nitrogens with zero attached hydrogens (tertiary/aromatic N) is 3. The summed E-state index contributed by atoms with van der Waals surface area (Å²) >= 11 is 0. The molecule has 1 N–H and O–H groups in total. The van der Waals surface area contributed by atoms with E-state index in [1.807, 2.05) is 0 Å². The number of imidazole rings is 1. The highest BCUT2D eigenvalue weighted by molar-refractivity contribution is 5.23. The second-order valence-electron chi connectivity index (χ2n) is 7.89. The quantitative estimate of drug-likeness (QED) is 0.906. The predicted octanol–water partition coefficient (Wildman–Crippen LogP) is 2.17. The molecule has 0 saturated carbocycles. The second-order valence-corrected chi connectivity index (χ2v) is 7.89. The zero-order valence-electron chi connectivity index (χ0n) is 14.1. The fraction of sp³-hybridized carbons (Fsp3) is 0.824. The highest BCUT2D eigenvalue weighted by Gasteiger charge is 2.29. The highest BCUT2D eigenvalue weighted by Crippen LogP contribution is 2.28. The number of hydrogen-bond acceptors (Lipinski definition) is 3. The zero-order chi connectivity index (χ0) is 15.0. The van der Waals surface area contributed by atoms with E-state index in [1.54, 1.807) is 0 Å². The van der Waals surface area contributed by atoms with Crippen LogP contribution < -0.4 is 5.32 Å². The molecule has 1 aromatic heterocycles. The van der Waals surface area contributed by atoms with Gasteiger partial charge in [-0.1, -0.05) is 20.8 Å². The predicted molar refractivity (Wildman–Crippen MR) is 86.6 cm³/mol. The third-order valence-electron chi connectivity index (χ3n) is 4.82. The maximum atomic E-state index is 4.99. The number of hydrogen-bond donors (Lipinski definition) is 1. The van der Waals surface area contributed by atoms with Gasteiger partial charge in [-0.15, -0.1) is 0 Å². The standard InChI is InChI=1S/C17H30N4/c1-17(2,3)16-19-14-10-18-8-7-15(14)21(16)12-13-6-5-9-20(4)11-13/h13,18H,5-12H2,1-4H3. The molecule has 0 aliphatic carbocycles. The molecule has 1 saturated heterocycles. The Balaban J connectivity index is 1.90. The first kappa shape index (κ1) is 15.0. The van der Waals surface area contributed by atoms with Gasteiger partial charge < -0.3 is 14.8 Å². The van der Waals surface area contributed by atoms with E-state index in [1.165, 1.54) is 43.1 Å². The minimum atomic E-state index is 0.123. The second kappa shape index (κ2) is 5.73. The number of fused-ring (bicyclic) bond motifs is 1. The first-order chi connectivity index (χ1) is 9.95. The first-order valence-corrected chi connectivity index (χ1v) is 8.43.